The Morgan fingerprint density at radius 3 is 2.61 bits per heavy atom. The molecule has 0 atom stereocenters. The average Bonchev–Trinajstić information content (AvgIpc) is 2.36. The molecule has 0 aromatic heterocycles. The number of aliphatic hydroxyl groups is 1. The summed E-state index contributed by atoms with van der Waals surface area (Å²) in [5.74, 6) is -0.0469. The van der Waals surface area contributed by atoms with E-state index in [0.29, 0.717) is 20.8 Å². The average molecular weight is 332 g/mol. The zero-order valence-electron chi connectivity index (χ0n) is 9.16. The summed E-state index contributed by atoms with van der Waals surface area (Å²) in [6, 6.07) is 9.23. The number of aliphatic hydroxyl groups excluding tert-OH is 1. The molecular weight excluding hydrogens is 322 g/mol. The van der Waals surface area contributed by atoms with Gasteiger partial charge in [0.25, 0.3) is 0 Å². The van der Waals surface area contributed by atoms with Gasteiger partial charge in [-0.15, -0.1) is 0 Å². The minimum Gasteiger partial charge on any atom is -0.453 e. The molecule has 0 aliphatic heterocycles. The lowest BCUT2D eigenvalue weighted by Crippen LogP contribution is -1.91. The van der Waals surface area contributed by atoms with Crippen molar-refractivity contribution < 1.29 is 14.2 Å². The predicted molar refractivity (Wildman–Crippen MR) is 71.5 cm³/mol. The lowest BCUT2D eigenvalue weighted by Gasteiger charge is -2.09. The second-order valence-electron chi connectivity index (χ2n) is 3.60. The van der Waals surface area contributed by atoms with Crippen LogP contribution in [0.15, 0.2) is 40.9 Å². The zero-order chi connectivity index (χ0) is 13.1. The summed E-state index contributed by atoms with van der Waals surface area (Å²) < 4.78 is 19.6. The molecule has 18 heavy (non-hydrogen) atoms. The molecule has 0 amide bonds. The van der Waals surface area contributed by atoms with Crippen molar-refractivity contribution in [1.29, 1.82) is 0 Å². The van der Waals surface area contributed by atoms with Gasteiger partial charge in [-0.1, -0.05) is 33.6 Å². The lowest BCUT2D eigenvalue weighted by molar-refractivity contribution is 0.281. The quantitative estimate of drug-likeness (QED) is 0.895. The van der Waals surface area contributed by atoms with E-state index in [1.165, 1.54) is 12.1 Å². The van der Waals surface area contributed by atoms with Crippen molar-refractivity contribution in [2.45, 2.75) is 6.61 Å². The molecule has 5 heteroatoms. The van der Waals surface area contributed by atoms with E-state index in [1.54, 1.807) is 24.3 Å². The summed E-state index contributed by atoms with van der Waals surface area (Å²) in [5, 5.41) is 9.28. The van der Waals surface area contributed by atoms with Crippen LogP contribution in [0.25, 0.3) is 0 Å². The molecular formula is C13H9BrClFO2. The predicted octanol–water partition coefficient (Wildman–Crippen LogP) is 4.53. The van der Waals surface area contributed by atoms with Gasteiger partial charge in [0.15, 0.2) is 11.6 Å². The van der Waals surface area contributed by atoms with Crippen LogP contribution in [-0.4, -0.2) is 5.11 Å². The van der Waals surface area contributed by atoms with Crippen molar-refractivity contribution in [2.24, 2.45) is 0 Å². The fraction of sp³-hybridized carbons (Fsp3) is 0.0769. The number of rotatable bonds is 3. The fourth-order valence-corrected chi connectivity index (χ4v) is 1.98. The second-order valence-corrected chi connectivity index (χ2v) is 4.92. The summed E-state index contributed by atoms with van der Waals surface area (Å²) in [6.45, 7) is -0.106. The highest BCUT2D eigenvalue weighted by Crippen LogP contribution is 2.32. The molecule has 0 aliphatic rings. The van der Waals surface area contributed by atoms with Crippen LogP contribution in [0.1, 0.15) is 5.56 Å². The molecule has 0 radical (unpaired) electrons. The molecule has 0 spiro atoms. The molecule has 0 saturated heterocycles. The Labute approximate surface area is 117 Å². The topological polar surface area (TPSA) is 29.5 Å². The molecule has 0 unspecified atom stereocenters. The van der Waals surface area contributed by atoms with Gasteiger partial charge in [0.2, 0.25) is 0 Å². The largest absolute Gasteiger partial charge is 0.453 e. The molecule has 2 rings (SSSR count). The van der Waals surface area contributed by atoms with Gasteiger partial charge in [0.05, 0.1) is 11.6 Å². The molecule has 0 fully saturated rings. The van der Waals surface area contributed by atoms with Crippen molar-refractivity contribution in [2.75, 3.05) is 0 Å². The zero-order valence-corrected chi connectivity index (χ0v) is 11.5. The second kappa shape index (κ2) is 5.69. The summed E-state index contributed by atoms with van der Waals surface area (Å²) in [7, 11) is 0. The van der Waals surface area contributed by atoms with Gasteiger partial charge in [-0.2, -0.15) is 0 Å². The first-order valence-corrected chi connectivity index (χ1v) is 6.29. The van der Waals surface area contributed by atoms with E-state index in [4.69, 9.17) is 21.4 Å². The van der Waals surface area contributed by atoms with Crippen molar-refractivity contribution in [3.63, 3.8) is 0 Å². The lowest BCUT2D eigenvalue weighted by atomic mass is 10.2. The molecule has 2 aromatic rings. The Morgan fingerprint density at radius 1 is 1.17 bits per heavy atom. The van der Waals surface area contributed by atoms with Crippen molar-refractivity contribution in [3.05, 3.63) is 57.3 Å². The number of ether oxygens (including phenoxy) is 1. The molecule has 0 bridgehead atoms. The van der Waals surface area contributed by atoms with E-state index in [1.807, 2.05) is 0 Å². The normalized spacial score (nSPS) is 10.4. The van der Waals surface area contributed by atoms with E-state index in [9.17, 15) is 4.39 Å². The Kier molecular flexibility index (Phi) is 4.22. The van der Waals surface area contributed by atoms with Crippen LogP contribution in [-0.2, 0) is 6.61 Å². The van der Waals surface area contributed by atoms with Gasteiger partial charge in [-0.05, 0) is 35.9 Å². The van der Waals surface area contributed by atoms with Gasteiger partial charge in [0, 0.05) is 4.47 Å². The van der Waals surface area contributed by atoms with Crippen LogP contribution in [0, 0.1) is 5.82 Å². The van der Waals surface area contributed by atoms with Crippen LogP contribution < -0.4 is 4.74 Å². The number of benzene rings is 2. The smallest absolute Gasteiger partial charge is 0.165 e. The van der Waals surface area contributed by atoms with E-state index >= 15 is 0 Å². The monoisotopic (exact) mass is 330 g/mol. The fourth-order valence-electron chi connectivity index (χ4n) is 1.40. The minimum atomic E-state index is -0.472. The third-order valence-corrected chi connectivity index (χ3v) is 3.08. The molecule has 2 nitrogen and oxygen atoms in total. The maximum absolute atomic E-state index is 13.5. The molecule has 0 heterocycles. The van der Waals surface area contributed by atoms with Crippen LogP contribution in [0.2, 0.25) is 5.02 Å². The Balaban J connectivity index is 2.31. The van der Waals surface area contributed by atoms with Crippen LogP contribution in [0.3, 0.4) is 0 Å². The van der Waals surface area contributed by atoms with Crippen LogP contribution in [0.5, 0.6) is 11.5 Å². The minimum absolute atomic E-state index is 0.0861. The van der Waals surface area contributed by atoms with Gasteiger partial charge in [-0.25, -0.2) is 4.39 Å². The Hall–Kier alpha value is -1.10. The van der Waals surface area contributed by atoms with Gasteiger partial charge >= 0.3 is 0 Å². The summed E-state index contributed by atoms with van der Waals surface area (Å²) in [5.41, 5.74) is 0.669. The number of hydrogen-bond acceptors (Lipinski definition) is 2. The standard InChI is InChI=1S/C13H9BrClFO2/c14-9-2-3-11(16)13(6-9)18-12-4-1-8(7-17)5-10(12)15/h1-6,17H,7H2. The van der Waals surface area contributed by atoms with Crippen molar-refractivity contribution in [1.82, 2.24) is 0 Å². The maximum atomic E-state index is 13.5. The third kappa shape index (κ3) is 3.02. The van der Waals surface area contributed by atoms with Gasteiger partial charge < -0.3 is 9.84 Å². The van der Waals surface area contributed by atoms with E-state index in [0.717, 1.165) is 0 Å². The molecule has 0 saturated carbocycles. The molecule has 2 aromatic carbocycles. The molecule has 0 aliphatic carbocycles. The van der Waals surface area contributed by atoms with Crippen LogP contribution >= 0.6 is 27.5 Å². The van der Waals surface area contributed by atoms with E-state index in [2.05, 4.69) is 15.9 Å². The highest BCUT2D eigenvalue weighted by atomic mass is 79.9. The third-order valence-electron chi connectivity index (χ3n) is 2.29. The van der Waals surface area contributed by atoms with Crippen LogP contribution in [0.4, 0.5) is 4.39 Å². The van der Waals surface area contributed by atoms with Gasteiger partial charge in [-0.3, -0.25) is 0 Å². The SMILES string of the molecule is OCc1ccc(Oc2cc(Br)ccc2F)c(Cl)c1. The maximum Gasteiger partial charge on any atom is 0.165 e. The summed E-state index contributed by atoms with van der Waals surface area (Å²) >= 11 is 9.22. The van der Waals surface area contributed by atoms with Crippen molar-refractivity contribution >= 4 is 27.5 Å². The Morgan fingerprint density at radius 2 is 1.94 bits per heavy atom. The van der Waals surface area contributed by atoms with Gasteiger partial charge in [0.1, 0.15) is 5.75 Å². The Bertz CT molecular complexity index is 575. The first kappa shape index (κ1) is 13.3. The summed E-state index contributed by atoms with van der Waals surface area (Å²) in [6.07, 6.45) is 0. The van der Waals surface area contributed by atoms with Crippen molar-refractivity contribution in [3.8, 4) is 11.5 Å². The van der Waals surface area contributed by atoms with E-state index in [-0.39, 0.29) is 12.4 Å². The number of hydrogen-bond donors (Lipinski definition) is 1. The highest BCUT2D eigenvalue weighted by molar-refractivity contribution is 9.10. The van der Waals surface area contributed by atoms with E-state index < -0.39 is 5.82 Å². The number of halogens is 3. The molecule has 1 N–H and O–H groups in total. The highest BCUT2D eigenvalue weighted by Gasteiger charge is 2.08. The first-order chi connectivity index (χ1) is 8.60. The molecule has 94 valence electrons. The first-order valence-electron chi connectivity index (χ1n) is 5.12. The summed E-state index contributed by atoms with van der Waals surface area (Å²) in [4.78, 5) is 0.